The second kappa shape index (κ2) is 3.33. The lowest BCUT2D eigenvalue weighted by atomic mass is 10.3. The molecule has 0 fully saturated rings. The Bertz CT molecular complexity index is 188. The Hall–Kier alpha value is -0.860. The molecular weight excluding hydrogens is 96.0 g/mol. The average molecular weight is 106 g/mol. The summed E-state index contributed by atoms with van der Waals surface area (Å²) >= 11 is 0. The van der Waals surface area contributed by atoms with Crippen LogP contribution in [0.4, 0.5) is 0 Å². The maximum absolute atomic E-state index is 10.1. The summed E-state index contributed by atoms with van der Waals surface area (Å²) in [5, 5.41) is 8.13. The minimum absolute atomic E-state index is 0.360. The van der Waals surface area contributed by atoms with Crippen LogP contribution in [-0.4, -0.2) is 17.4 Å². The van der Waals surface area contributed by atoms with Crippen LogP contribution in [-0.2, 0) is 9.59 Å². The molecule has 0 aromatic heterocycles. The number of carboxylic acid groups (broad SMARTS) is 1. The van der Waals surface area contributed by atoms with E-state index < -0.39 is 18.7 Å². The zero-order chi connectivity index (χ0) is 9.28. The zero-order valence-electron chi connectivity index (χ0n) is 7.34. The van der Waals surface area contributed by atoms with E-state index in [0.717, 1.165) is 0 Å². The summed E-state index contributed by atoms with van der Waals surface area (Å²) in [7, 11) is 0. The van der Waals surface area contributed by atoms with Gasteiger partial charge >= 0.3 is 5.97 Å². The molecule has 0 bridgehead atoms. The van der Waals surface area contributed by atoms with Crippen LogP contribution >= 0.6 is 0 Å². The lowest BCUT2D eigenvalue weighted by molar-refractivity contribution is -0.137. The van der Waals surface area contributed by atoms with Crippen LogP contribution in [0.25, 0.3) is 0 Å². The van der Waals surface area contributed by atoms with Gasteiger partial charge in [0.1, 0.15) is 6.29 Å². The van der Waals surface area contributed by atoms with Gasteiger partial charge in [0.15, 0.2) is 0 Å². The van der Waals surface area contributed by atoms with E-state index in [4.69, 9.17) is 10.6 Å². The highest BCUT2D eigenvalue weighted by Gasteiger charge is 1.91. The number of aldehydes is 1. The molecule has 0 amide bonds. The lowest BCUT2D eigenvalue weighted by Gasteiger charge is -1.79. The van der Waals surface area contributed by atoms with Gasteiger partial charge in [-0.2, -0.15) is 0 Å². The molecule has 0 aliphatic carbocycles. The van der Waals surface area contributed by atoms with Gasteiger partial charge in [0.05, 0.1) is 6.37 Å². The van der Waals surface area contributed by atoms with Gasteiger partial charge in [0.25, 0.3) is 0 Å². The summed E-state index contributed by atoms with van der Waals surface area (Å²) < 4.78 is 26.6. The molecule has 0 aromatic carbocycles. The smallest absolute Gasteiger partial charge is 0.303 e. The highest BCUT2D eigenvalue weighted by Crippen LogP contribution is 1.80. The number of carboxylic acids is 1. The Morgan fingerprint density at radius 1 is 2.00 bits per heavy atom. The van der Waals surface area contributed by atoms with Gasteiger partial charge in [-0.1, -0.05) is 0 Å². The summed E-state index contributed by atoms with van der Waals surface area (Å²) in [5.41, 5.74) is 0. The van der Waals surface area contributed by atoms with Gasteiger partial charge in [-0.15, -0.1) is 0 Å². The first-order valence-corrected chi connectivity index (χ1v) is 1.45. The zero-order valence-corrected chi connectivity index (χ0v) is 3.34. The van der Waals surface area contributed by atoms with Gasteiger partial charge in [-0.25, -0.2) is 0 Å². The van der Waals surface area contributed by atoms with Gasteiger partial charge in [-0.05, 0) is 0 Å². The standard InChI is InChI=1S/C4H6O3/c5-3-1-2-4(6)7/h3H,1-2H2,(H,6,7)/i1D2,2D2. The molecule has 0 radical (unpaired) electrons. The third-order valence-corrected chi connectivity index (χ3v) is 0.238. The fourth-order valence-corrected chi connectivity index (χ4v) is 0.0912. The molecule has 1 N–H and O–H groups in total. The SMILES string of the molecule is [2H]C([2H])(C=O)C([2H])([2H])C(=O)O. The number of hydrogen-bond acceptors (Lipinski definition) is 2. The molecule has 0 unspecified atom stereocenters. The first kappa shape index (κ1) is 1.94. The van der Waals surface area contributed by atoms with Crippen LogP contribution in [0.2, 0.25) is 0 Å². The fraction of sp³-hybridized carbons (Fsp3) is 0.500. The van der Waals surface area contributed by atoms with E-state index in [1.165, 1.54) is 0 Å². The number of rotatable bonds is 3. The predicted molar refractivity (Wildman–Crippen MR) is 22.9 cm³/mol. The van der Waals surface area contributed by atoms with E-state index >= 15 is 0 Å². The number of carbonyl (C=O) groups is 2. The molecule has 0 aliphatic rings. The third kappa shape index (κ3) is 5.14. The molecule has 0 heterocycles. The first-order chi connectivity index (χ1) is 4.75. The molecule has 0 aromatic rings. The summed E-state index contributed by atoms with van der Waals surface area (Å²) in [4.78, 5) is 20.0. The molecule has 7 heavy (non-hydrogen) atoms. The van der Waals surface area contributed by atoms with Crippen molar-refractivity contribution in [2.45, 2.75) is 12.7 Å². The Morgan fingerprint density at radius 3 is 2.71 bits per heavy atom. The minimum atomic E-state index is -3.17. The molecule has 0 saturated heterocycles. The van der Waals surface area contributed by atoms with Crippen molar-refractivity contribution in [2.75, 3.05) is 0 Å². The third-order valence-electron chi connectivity index (χ3n) is 0.238. The quantitative estimate of drug-likeness (QED) is 0.517. The molecular formula is C4H6O3. The normalized spacial score (nSPS) is 20.6. The second-order valence-electron chi connectivity index (χ2n) is 0.692. The summed E-state index contributed by atoms with van der Waals surface area (Å²) in [6, 6.07) is 0. The Balaban J connectivity index is 4.81. The lowest BCUT2D eigenvalue weighted by Crippen LogP contribution is -1.93. The fourth-order valence-electron chi connectivity index (χ4n) is 0.0912. The minimum Gasteiger partial charge on any atom is -0.481 e. The van der Waals surface area contributed by atoms with E-state index in [-0.39, 0.29) is 6.29 Å². The van der Waals surface area contributed by atoms with Crippen LogP contribution in [0.1, 0.15) is 18.2 Å². The molecule has 0 saturated carbocycles. The van der Waals surface area contributed by atoms with Gasteiger partial charge < -0.3 is 9.90 Å². The average Bonchev–Trinajstić information content (AvgIpc) is 1.87. The predicted octanol–water partition coefficient (Wildman–Crippen LogP) is 0.0501. The van der Waals surface area contributed by atoms with Crippen molar-refractivity contribution < 1.29 is 20.2 Å². The molecule has 0 aliphatic heterocycles. The van der Waals surface area contributed by atoms with Crippen molar-refractivity contribution in [1.29, 1.82) is 0 Å². The number of aliphatic carboxylic acids is 1. The van der Waals surface area contributed by atoms with Crippen LogP contribution in [0, 0.1) is 0 Å². The highest BCUT2D eigenvalue weighted by molar-refractivity contribution is 5.70. The van der Waals surface area contributed by atoms with Gasteiger partial charge in [-0.3, -0.25) is 4.79 Å². The Labute approximate surface area is 46.6 Å². The van der Waals surface area contributed by atoms with E-state index in [1.807, 2.05) is 0 Å². The van der Waals surface area contributed by atoms with Crippen molar-refractivity contribution in [3.63, 3.8) is 0 Å². The van der Waals surface area contributed by atoms with Crippen molar-refractivity contribution in [2.24, 2.45) is 0 Å². The molecule has 0 atom stereocenters. The summed E-state index contributed by atoms with van der Waals surface area (Å²) in [6.07, 6.45) is -6.52. The molecule has 3 nitrogen and oxygen atoms in total. The van der Waals surface area contributed by atoms with Crippen molar-refractivity contribution >= 4 is 12.3 Å². The van der Waals surface area contributed by atoms with Crippen LogP contribution in [0.5, 0.6) is 0 Å². The maximum Gasteiger partial charge on any atom is 0.303 e. The van der Waals surface area contributed by atoms with Crippen LogP contribution in [0.3, 0.4) is 0 Å². The Kier molecular flexibility index (Phi) is 0.925. The van der Waals surface area contributed by atoms with Gasteiger partial charge in [0.2, 0.25) is 0 Å². The van der Waals surface area contributed by atoms with Crippen molar-refractivity contribution in [1.82, 2.24) is 0 Å². The van der Waals surface area contributed by atoms with E-state index in [9.17, 15) is 9.59 Å². The number of hydrogen-bond donors (Lipinski definition) is 1. The molecule has 0 spiro atoms. The van der Waals surface area contributed by atoms with Crippen LogP contribution < -0.4 is 0 Å². The van der Waals surface area contributed by atoms with Crippen molar-refractivity contribution in [3.8, 4) is 0 Å². The molecule has 3 heteroatoms. The largest absolute Gasteiger partial charge is 0.481 e. The van der Waals surface area contributed by atoms with Crippen LogP contribution in [0.15, 0.2) is 0 Å². The van der Waals surface area contributed by atoms with Crippen molar-refractivity contribution in [3.05, 3.63) is 0 Å². The summed E-state index contributed by atoms with van der Waals surface area (Å²) in [5.74, 6) is -1.99. The topological polar surface area (TPSA) is 54.4 Å². The summed E-state index contributed by atoms with van der Waals surface area (Å²) in [6.45, 7) is 0. The highest BCUT2D eigenvalue weighted by atomic mass is 16.4. The Morgan fingerprint density at radius 2 is 2.57 bits per heavy atom. The second-order valence-corrected chi connectivity index (χ2v) is 0.692. The molecule has 40 valence electrons. The number of carbonyl (C=O) groups excluding carboxylic acids is 1. The van der Waals surface area contributed by atoms with E-state index in [0.29, 0.717) is 0 Å². The van der Waals surface area contributed by atoms with E-state index in [2.05, 4.69) is 0 Å². The van der Waals surface area contributed by atoms with Gasteiger partial charge in [0, 0.05) is 11.9 Å². The molecule has 0 rings (SSSR count). The first-order valence-electron chi connectivity index (χ1n) is 3.45. The van der Waals surface area contributed by atoms with E-state index in [1.54, 1.807) is 0 Å². The monoisotopic (exact) mass is 106 g/mol. The maximum atomic E-state index is 10.1.